The third-order valence-electron chi connectivity index (χ3n) is 2.89. The van der Waals surface area contributed by atoms with E-state index in [0.29, 0.717) is 24.3 Å². The maximum Gasteiger partial charge on any atom is 0.317 e. The summed E-state index contributed by atoms with van der Waals surface area (Å²) >= 11 is 0. The van der Waals surface area contributed by atoms with Crippen LogP contribution < -0.4 is 4.74 Å². The Bertz CT molecular complexity index is 464. The van der Waals surface area contributed by atoms with Crippen LogP contribution in [0, 0.1) is 5.92 Å². The van der Waals surface area contributed by atoms with E-state index in [0.717, 1.165) is 5.56 Å². The third-order valence-corrected chi connectivity index (χ3v) is 2.89. The monoisotopic (exact) mass is 234 g/mol. The van der Waals surface area contributed by atoms with Crippen LogP contribution in [0.2, 0.25) is 0 Å². The van der Waals surface area contributed by atoms with Gasteiger partial charge in [0.15, 0.2) is 5.78 Å². The highest BCUT2D eigenvalue weighted by molar-refractivity contribution is 6.12. The maximum absolute atomic E-state index is 12.0. The van der Waals surface area contributed by atoms with Crippen LogP contribution in [0.5, 0.6) is 5.75 Å². The number of esters is 1. The molecule has 90 valence electrons. The topological polar surface area (TPSA) is 52.6 Å². The van der Waals surface area contributed by atoms with Crippen LogP contribution in [0.15, 0.2) is 18.2 Å². The number of carbonyl (C=O) groups excluding carboxylic acids is 2. The van der Waals surface area contributed by atoms with E-state index < -0.39 is 11.9 Å². The van der Waals surface area contributed by atoms with E-state index in [-0.39, 0.29) is 5.78 Å². The van der Waals surface area contributed by atoms with Crippen LogP contribution in [0.4, 0.5) is 0 Å². The van der Waals surface area contributed by atoms with E-state index in [4.69, 9.17) is 9.47 Å². The molecular weight excluding hydrogens is 220 g/mol. The van der Waals surface area contributed by atoms with Gasteiger partial charge in [-0.15, -0.1) is 0 Å². The van der Waals surface area contributed by atoms with Gasteiger partial charge in [0.1, 0.15) is 11.7 Å². The fourth-order valence-corrected chi connectivity index (χ4v) is 2.02. The zero-order chi connectivity index (χ0) is 12.4. The molecule has 0 fully saturated rings. The summed E-state index contributed by atoms with van der Waals surface area (Å²) in [5, 5.41) is 0. The van der Waals surface area contributed by atoms with Gasteiger partial charge < -0.3 is 9.47 Å². The van der Waals surface area contributed by atoms with E-state index in [1.165, 1.54) is 0 Å². The van der Waals surface area contributed by atoms with Crippen LogP contribution in [0.3, 0.4) is 0 Å². The Morgan fingerprint density at radius 2 is 2.24 bits per heavy atom. The van der Waals surface area contributed by atoms with Crippen molar-refractivity contribution in [1.29, 1.82) is 0 Å². The number of Topliss-reactive ketones (excluding diaryl/α,β-unsaturated/α-hetero) is 1. The minimum atomic E-state index is -0.683. The number of hydrogen-bond donors (Lipinski definition) is 0. The molecule has 1 aromatic carbocycles. The van der Waals surface area contributed by atoms with Crippen molar-refractivity contribution in [2.45, 2.75) is 13.3 Å². The number of benzene rings is 1. The van der Waals surface area contributed by atoms with Gasteiger partial charge in [0, 0.05) is 5.56 Å². The SMILES string of the molecule is CCOC(=O)[C@H]1Cc2ccc(OC)cc2C1=O. The van der Waals surface area contributed by atoms with Gasteiger partial charge in [-0.1, -0.05) is 6.07 Å². The first-order valence-corrected chi connectivity index (χ1v) is 5.55. The van der Waals surface area contributed by atoms with Gasteiger partial charge in [-0.25, -0.2) is 0 Å². The zero-order valence-electron chi connectivity index (χ0n) is 9.86. The summed E-state index contributed by atoms with van der Waals surface area (Å²) in [6, 6.07) is 5.29. The summed E-state index contributed by atoms with van der Waals surface area (Å²) in [6.07, 6.45) is 0.428. The molecule has 0 unspecified atom stereocenters. The number of ether oxygens (including phenoxy) is 2. The highest BCUT2D eigenvalue weighted by Gasteiger charge is 2.36. The average Bonchev–Trinajstić information content (AvgIpc) is 2.67. The molecule has 1 aliphatic rings. The van der Waals surface area contributed by atoms with Gasteiger partial charge in [-0.05, 0) is 31.0 Å². The molecule has 0 N–H and O–H groups in total. The zero-order valence-corrected chi connectivity index (χ0v) is 9.86. The summed E-state index contributed by atoms with van der Waals surface area (Å²) in [5.74, 6) is -0.663. The summed E-state index contributed by atoms with van der Waals surface area (Å²) < 4.78 is 9.96. The Balaban J connectivity index is 2.26. The van der Waals surface area contributed by atoms with Gasteiger partial charge in [0.05, 0.1) is 13.7 Å². The lowest BCUT2D eigenvalue weighted by molar-refractivity contribution is -0.145. The second-order valence-electron chi connectivity index (χ2n) is 3.90. The lowest BCUT2D eigenvalue weighted by Crippen LogP contribution is -2.23. The Hall–Kier alpha value is -1.84. The van der Waals surface area contributed by atoms with E-state index in [1.807, 2.05) is 6.07 Å². The summed E-state index contributed by atoms with van der Waals surface area (Å²) in [4.78, 5) is 23.6. The molecule has 0 bridgehead atoms. The highest BCUT2D eigenvalue weighted by atomic mass is 16.5. The predicted octanol–water partition coefficient (Wildman–Crippen LogP) is 1.61. The summed E-state index contributed by atoms with van der Waals surface area (Å²) in [5.41, 5.74) is 1.45. The largest absolute Gasteiger partial charge is 0.497 e. The van der Waals surface area contributed by atoms with Crippen LogP contribution in [0.25, 0.3) is 0 Å². The Kier molecular flexibility index (Phi) is 3.13. The number of hydrogen-bond acceptors (Lipinski definition) is 4. The third kappa shape index (κ3) is 2.02. The molecule has 0 aliphatic heterocycles. The van der Waals surface area contributed by atoms with Crippen molar-refractivity contribution in [3.8, 4) is 5.75 Å². The first kappa shape index (κ1) is 11.6. The Morgan fingerprint density at radius 3 is 2.88 bits per heavy atom. The standard InChI is InChI=1S/C13H14O4/c1-3-17-13(15)11-6-8-4-5-9(16-2)7-10(8)12(11)14/h4-5,7,11H,3,6H2,1-2H3/t11-/m0/s1. The second-order valence-corrected chi connectivity index (χ2v) is 3.90. The summed E-state index contributed by atoms with van der Waals surface area (Å²) in [6.45, 7) is 2.02. The quantitative estimate of drug-likeness (QED) is 0.589. The molecule has 4 nitrogen and oxygen atoms in total. The molecule has 0 aromatic heterocycles. The van der Waals surface area contributed by atoms with E-state index >= 15 is 0 Å². The average molecular weight is 234 g/mol. The smallest absolute Gasteiger partial charge is 0.317 e. The molecule has 2 rings (SSSR count). The van der Waals surface area contributed by atoms with Gasteiger partial charge >= 0.3 is 5.97 Å². The lowest BCUT2D eigenvalue weighted by Gasteiger charge is -2.06. The highest BCUT2D eigenvalue weighted by Crippen LogP contribution is 2.30. The molecule has 1 aliphatic carbocycles. The number of fused-ring (bicyclic) bond motifs is 1. The predicted molar refractivity (Wildman–Crippen MR) is 61.2 cm³/mol. The van der Waals surface area contributed by atoms with Crippen LogP contribution >= 0.6 is 0 Å². The van der Waals surface area contributed by atoms with Crippen molar-refractivity contribution < 1.29 is 19.1 Å². The number of methoxy groups -OCH3 is 1. The minimum absolute atomic E-state index is 0.169. The van der Waals surface area contributed by atoms with Crippen LogP contribution in [-0.2, 0) is 16.0 Å². The molecule has 0 saturated heterocycles. The fourth-order valence-electron chi connectivity index (χ4n) is 2.02. The van der Waals surface area contributed by atoms with Gasteiger partial charge in [0.2, 0.25) is 0 Å². The van der Waals surface area contributed by atoms with Crippen LogP contribution in [0.1, 0.15) is 22.8 Å². The number of ketones is 1. The molecule has 17 heavy (non-hydrogen) atoms. The van der Waals surface area contributed by atoms with Crippen molar-refractivity contribution in [1.82, 2.24) is 0 Å². The van der Waals surface area contributed by atoms with Gasteiger partial charge in [-0.3, -0.25) is 9.59 Å². The van der Waals surface area contributed by atoms with Crippen molar-refractivity contribution in [3.05, 3.63) is 29.3 Å². The lowest BCUT2D eigenvalue weighted by atomic mass is 10.1. The molecule has 0 saturated carbocycles. The Labute approximate surface area is 99.5 Å². The normalized spacial score (nSPS) is 17.8. The van der Waals surface area contributed by atoms with Gasteiger partial charge in [0.25, 0.3) is 0 Å². The van der Waals surface area contributed by atoms with E-state index in [2.05, 4.69) is 0 Å². The van der Waals surface area contributed by atoms with Crippen molar-refractivity contribution >= 4 is 11.8 Å². The first-order chi connectivity index (χ1) is 8.17. The number of rotatable bonds is 3. The number of carbonyl (C=O) groups is 2. The molecule has 0 amide bonds. The van der Waals surface area contributed by atoms with Gasteiger partial charge in [-0.2, -0.15) is 0 Å². The van der Waals surface area contributed by atoms with Crippen molar-refractivity contribution in [3.63, 3.8) is 0 Å². The van der Waals surface area contributed by atoms with Crippen molar-refractivity contribution in [2.24, 2.45) is 5.92 Å². The van der Waals surface area contributed by atoms with E-state index in [9.17, 15) is 9.59 Å². The Morgan fingerprint density at radius 1 is 1.47 bits per heavy atom. The van der Waals surface area contributed by atoms with E-state index in [1.54, 1.807) is 26.2 Å². The molecule has 0 heterocycles. The molecule has 4 heteroatoms. The minimum Gasteiger partial charge on any atom is -0.497 e. The summed E-state index contributed by atoms with van der Waals surface area (Å²) in [7, 11) is 1.55. The van der Waals surface area contributed by atoms with Crippen LogP contribution in [-0.4, -0.2) is 25.5 Å². The molecular formula is C13H14O4. The maximum atomic E-state index is 12.0. The molecule has 1 atom stereocenters. The molecule has 1 aromatic rings. The molecule has 0 spiro atoms. The van der Waals surface area contributed by atoms with Crippen molar-refractivity contribution in [2.75, 3.05) is 13.7 Å². The fraction of sp³-hybridized carbons (Fsp3) is 0.385. The first-order valence-electron chi connectivity index (χ1n) is 5.55. The molecule has 0 radical (unpaired) electrons. The second kappa shape index (κ2) is 4.57.